The van der Waals surface area contributed by atoms with E-state index >= 15 is 0 Å². The number of anilines is 1. The molecule has 1 aromatic heterocycles. The molecule has 0 radical (unpaired) electrons. The van der Waals surface area contributed by atoms with Crippen LogP contribution < -0.4 is 5.32 Å². The highest BCUT2D eigenvalue weighted by molar-refractivity contribution is 5.75. The molecule has 5 nitrogen and oxygen atoms in total. The first-order valence-electron chi connectivity index (χ1n) is 7.87. The van der Waals surface area contributed by atoms with E-state index in [0.717, 1.165) is 11.8 Å². The number of aromatic nitrogens is 2. The Morgan fingerprint density at radius 2 is 1.96 bits per heavy atom. The fraction of sp³-hybridized carbons (Fsp3) is 0.353. The summed E-state index contributed by atoms with van der Waals surface area (Å²) >= 11 is 0. The van der Waals surface area contributed by atoms with E-state index in [1.54, 1.807) is 6.92 Å². The van der Waals surface area contributed by atoms with Gasteiger partial charge in [0.15, 0.2) is 5.82 Å². The number of hydrogen-bond donors (Lipinski definition) is 1. The van der Waals surface area contributed by atoms with E-state index in [9.17, 15) is 13.2 Å². The SMILES string of the molecule is CC1N=CC=C(C(F)(F)F)C1c1nc(CCNc2ccccc2)no1. The standard InChI is InChI=1S/C17H17F3N4O/c1-11-15(13(7-9-21-11)17(18,19)20)16-23-14(24-25-16)8-10-22-12-5-3-2-4-6-12/h2-7,9,11,15,22H,8,10H2,1H3. The van der Waals surface area contributed by atoms with E-state index in [2.05, 4.69) is 20.4 Å². The Hall–Kier alpha value is -2.64. The van der Waals surface area contributed by atoms with Crippen molar-refractivity contribution in [2.45, 2.75) is 31.5 Å². The lowest BCUT2D eigenvalue weighted by Crippen LogP contribution is -2.28. The van der Waals surface area contributed by atoms with Gasteiger partial charge >= 0.3 is 6.18 Å². The maximum absolute atomic E-state index is 13.2. The van der Waals surface area contributed by atoms with Crippen LogP contribution in [0.3, 0.4) is 0 Å². The highest BCUT2D eigenvalue weighted by atomic mass is 19.4. The summed E-state index contributed by atoms with van der Waals surface area (Å²) in [5, 5.41) is 6.99. The van der Waals surface area contributed by atoms with Crippen LogP contribution in [0.2, 0.25) is 0 Å². The number of benzene rings is 1. The summed E-state index contributed by atoms with van der Waals surface area (Å²) in [4.78, 5) is 8.17. The van der Waals surface area contributed by atoms with Crippen LogP contribution >= 0.6 is 0 Å². The highest BCUT2D eigenvalue weighted by Crippen LogP contribution is 2.40. The first-order chi connectivity index (χ1) is 11.9. The molecule has 0 spiro atoms. The normalized spacial score (nSPS) is 20.4. The van der Waals surface area contributed by atoms with Gasteiger partial charge in [0.2, 0.25) is 5.89 Å². The van der Waals surface area contributed by atoms with E-state index in [0.29, 0.717) is 18.8 Å². The number of alkyl halides is 3. The van der Waals surface area contributed by atoms with Crippen molar-refractivity contribution in [1.29, 1.82) is 0 Å². The molecule has 0 saturated heterocycles. The molecule has 2 heterocycles. The van der Waals surface area contributed by atoms with Crippen molar-refractivity contribution in [3.63, 3.8) is 0 Å². The van der Waals surface area contributed by atoms with Crippen LogP contribution in [0.15, 0.2) is 51.5 Å². The Balaban J connectivity index is 1.68. The molecule has 0 saturated carbocycles. The highest BCUT2D eigenvalue weighted by Gasteiger charge is 2.44. The summed E-state index contributed by atoms with van der Waals surface area (Å²) in [5.41, 5.74) is 0.233. The molecule has 1 aromatic carbocycles. The summed E-state index contributed by atoms with van der Waals surface area (Å²) in [6.45, 7) is 2.14. The maximum Gasteiger partial charge on any atom is 0.413 e. The van der Waals surface area contributed by atoms with Gasteiger partial charge in [-0.05, 0) is 25.1 Å². The molecule has 1 aliphatic heterocycles. The zero-order valence-corrected chi connectivity index (χ0v) is 13.5. The van der Waals surface area contributed by atoms with E-state index in [4.69, 9.17) is 4.52 Å². The smallest absolute Gasteiger partial charge is 0.385 e. The zero-order valence-electron chi connectivity index (χ0n) is 13.5. The third-order valence-electron chi connectivity index (χ3n) is 3.92. The van der Waals surface area contributed by atoms with Gasteiger partial charge in [-0.2, -0.15) is 18.2 Å². The fourth-order valence-corrected chi connectivity index (χ4v) is 2.69. The Morgan fingerprint density at radius 1 is 1.20 bits per heavy atom. The van der Waals surface area contributed by atoms with Crippen LogP contribution in [-0.2, 0) is 6.42 Å². The van der Waals surface area contributed by atoms with Crippen LogP contribution in [0.1, 0.15) is 24.6 Å². The molecule has 0 amide bonds. The van der Waals surface area contributed by atoms with Crippen molar-refractivity contribution >= 4 is 11.9 Å². The molecular formula is C17H17F3N4O. The quantitative estimate of drug-likeness (QED) is 0.892. The second-order valence-electron chi connectivity index (χ2n) is 5.73. The zero-order chi connectivity index (χ0) is 17.9. The van der Waals surface area contributed by atoms with Crippen molar-refractivity contribution in [2.24, 2.45) is 4.99 Å². The monoisotopic (exact) mass is 350 g/mol. The third kappa shape index (κ3) is 4.07. The number of nitrogens with one attached hydrogen (secondary N) is 1. The summed E-state index contributed by atoms with van der Waals surface area (Å²) in [5.74, 6) is -0.766. The van der Waals surface area contributed by atoms with Gasteiger partial charge in [-0.25, -0.2) is 0 Å². The topological polar surface area (TPSA) is 63.3 Å². The molecule has 2 atom stereocenters. The lowest BCUT2D eigenvalue weighted by Gasteiger charge is -2.24. The summed E-state index contributed by atoms with van der Waals surface area (Å²) in [7, 11) is 0. The van der Waals surface area contributed by atoms with Crippen molar-refractivity contribution in [2.75, 3.05) is 11.9 Å². The van der Waals surface area contributed by atoms with Gasteiger partial charge in [0.1, 0.15) is 0 Å². The van der Waals surface area contributed by atoms with Crippen LogP contribution in [-0.4, -0.2) is 35.1 Å². The van der Waals surface area contributed by atoms with Crippen molar-refractivity contribution < 1.29 is 17.7 Å². The van der Waals surface area contributed by atoms with Gasteiger partial charge in [-0.15, -0.1) is 0 Å². The van der Waals surface area contributed by atoms with Crippen molar-refractivity contribution in [3.8, 4) is 0 Å². The van der Waals surface area contributed by atoms with Gasteiger partial charge in [-0.3, -0.25) is 4.99 Å². The largest absolute Gasteiger partial charge is 0.413 e. The lowest BCUT2D eigenvalue weighted by molar-refractivity contribution is -0.0974. The van der Waals surface area contributed by atoms with E-state index in [-0.39, 0.29) is 5.89 Å². The summed E-state index contributed by atoms with van der Waals surface area (Å²) < 4.78 is 44.8. The van der Waals surface area contributed by atoms with E-state index in [1.165, 1.54) is 6.21 Å². The molecule has 25 heavy (non-hydrogen) atoms. The average Bonchev–Trinajstić information content (AvgIpc) is 3.03. The molecule has 1 N–H and O–H groups in total. The fourth-order valence-electron chi connectivity index (χ4n) is 2.69. The minimum Gasteiger partial charge on any atom is -0.385 e. The first-order valence-corrected chi connectivity index (χ1v) is 7.87. The van der Waals surface area contributed by atoms with Crippen LogP contribution in [0.5, 0.6) is 0 Å². The number of para-hydroxylation sites is 1. The molecule has 8 heteroatoms. The maximum atomic E-state index is 13.2. The Kier molecular flexibility index (Phi) is 4.87. The van der Waals surface area contributed by atoms with Gasteiger partial charge in [0.25, 0.3) is 0 Å². The van der Waals surface area contributed by atoms with Crippen LogP contribution in [0, 0.1) is 0 Å². The Morgan fingerprint density at radius 3 is 2.68 bits per heavy atom. The number of halogens is 3. The van der Waals surface area contributed by atoms with Crippen molar-refractivity contribution in [1.82, 2.24) is 10.1 Å². The van der Waals surface area contributed by atoms with Crippen LogP contribution in [0.25, 0.3) is 0 Å². The lowest BCUT2D eigenvalue weighted by atomic mass is 9.90. The summed E-state index contributed by atoms with van der Waals surface area (Å²) in [6.07, 6.45) is -1.89. The number of nitrogens with zero attached hydrogens (tertiary/aromatic N) is 3. The van der Waals surface area contributed by atoms with Gasteiger partial charge in [0.05, 0.1) is 12.0 Å². The van der Waals surface area contributed by atoms with Gasteiger partial charge in [-0.1, -0.05) is 23.4 Å². The minimum atomic E-state index is -4.46. The Bertz CT molecular complexity index is 768. The average molecular weight is 350 g/mol. The second-order valence-corrected chi connectivity index (χ2v) is 5.73. The molecule has 0 bridgehead atoms. The number of allylic oxidation sites excluding steroid dienone is 1. The van der Waals surface area contributed by atoms with E-state index in [1.807, 2.05) is 30.3 Å². The third-order valence-corrected chi connectivity index (χ3v) is 3.92. The molecule has 132 valence electrons. The molecule has 1 aliphatic rings. The molecular weight excluding hydrogens is 333 g/mol. The van der Waals surface area contributed by atoms with Crippen LogP contribution in [0.4, 0.5) is 18.9 Å². The predicted octanol–water partition coefficient (Wildman–Crippen LogP) is 3.77. The van der Waals surface area contributed by atoms with E-state index < -0.39 is 23.7 Å². The minimum absolute atomic E-state index is 0.0531. The summed E-state index contributed by atoms with van der Waals surface area (Å²) in [6, 6.07) is 8.96. The number of dihydropyridines is 1. The predicted molar refractivity (Wildman–Crippen MR) is 87.8 cm³/mol. The second kappa shape index (κ2) is 7.08. The molecule has 2 aromatic rings. The first kappa shape index (κ1) is 17.2. The van der Waals surface area contributed by atoms with Crippen molar-refractivity contribution in [3.05, 3.63) is 53.7 Å². The van der Waals surface area contributed by atoms with Gasteiger partial charge < -0.3 is 9.84 Å². The number of rotatable bonds is 5. The molecule has 2 unspecified atom stereocenters. The van der Waals surface area contributed by atoms with Gasteiger partial charge in [0, 0.05) is 30.4 Å². The molecule has 0 aliphatic carbocycles. The molecule has 0 fully saturated rings. The molecule has 3 rings (SSSR count). The number of hydrogen-bond acceptors (Lipinski definition) is 5. The Labute approximate surface area is 142 Å². The number of aliphatic imine (C=N–C) groups is 1.